The fourth-order valence-corrected chi connectivity index (χ4v) is 6.40. The van der Waals surface area contributed by atoms with Crippen LogP contribution in [0.5, 0.6) is 0 Å². The number of sulfonamides is 1. The van der Waals surface area contributed by atoms with Crippen LogP contribution in [0.25, 0.3) is 12.2 Å². The van der Waals surface area contributed by atoms with Gasteiger partial charge in [0.15, 0.2) is 5.11 Å². The molecule has 11 nitrogen and oxygen atoms in total. The lowest BCUT2D eigenvalue weighted by Gasteiger charge is -2.12. The van der Waals surface area contributed by atoms with E-state index in [-0.39, 0.29) is 22.9 Å². The van der Waals surface area contributed by atoms with E-state index < -0.39 is 45.3 Å². The Morgan fingerprint density at radius 2 is 1.31 bits per heavy atom. The minimum absolute atomic E-state index is 0.0314. The van der Waals surface area contributed by atoms with Gasteiger partial charge in [0.2, 0.25) is 10.0 Å². The topological polar surface area (TPSA) is 179 Å². The number of nitrogens with one attached hydrogen (secondary N) is 3. The molecule has 0 radical (unpaired) electrons. The summed E-state index contributed by atoms with van der Waals surface area (Å²) in [4.78, 5) is -1.04. The second-order valence-electron chi connectivity index (χ2n) is 8.51. The van der Waals surface area contributed by atoms with Crippen molar-refractivity contribution < 1.29 is 34.4 Å². The van der Waals surface area contributed by atoms with Gasteiger partial charge in [-0.2, -0.15) is 16.8 Å². The molecule has 5 N–H and O–H groups in total. The smallest absolute Gasteiger partial charge is 0.295 e. The average molecular weight is 574 g/mol. The monoisotopic (exact) mass is 573 g/mol. The van der Waals surface area contributed by atoms with E-state index in [1.165, 1.54) is 42.5 Å². The molecule has 194 valence electrons. The number of hydrogen-bond donors (Lipinski definition) is 5. The Morgan fingerprint density at radius 3 is 1.78 bits per heavy atom. The Morgan fingerprint density at radius 1 is 0.806 bits per heavy atom. The molecule has 0 aromatic heterocycles. The fraction of sp³-hybridized carbons (Fsp3) is 0.286. The summed E-state index contributed by atoms with van der Waals surface area (Å²) in [5, 5.41) is 5.65. The van der Waals surface area contributed by atoms with Gasteiger partial charge in [-0.15, -0.1) is 0 Å². The molecule has 2 fully saturated rings. The summed E-state index contributed by atoms with van der Waals surface area (Å²) in [5.41, 5.74) is 0.259. The summed E-state index contributed by atoms with van der Waals surface area (Å²) >= 11 is 5.18. The van der Waals surface area contributed by atoms with Crippen LogP contribution in [0, 0.1) is 0 Å². The van der Waals surface area contributed by atoms with Gasteiger partial charge in [-0.3, -0.25) is 13.8 Å². The van der Waals surface area contributed by atoms with Crippen molar-refractivity contribution in [3.63, 3.8) is 0 Å². The van der Waals surface area contributed by atoms with E-state index in [0.717, 1.165) is 18.9 Å². The third kappa shape index (κ3) is 6.80. The van der Waals surface area contributed by atoms with Gasteiger partial charge in [-0.05, 0) is 73.3 Å². The van der Waals surface area contributed by atoms with Crippen LogP contribution in [-0.4, -0.2) is 50.8 Å². The van der Waals surface area contributed by atoms with Gasteiger partial charge in [0.1, 0.15) is 9.79 Å². The molecule has 0 saturated heterocycles. The molecule has 0 atom stereocenters. The zero-order valence-corrected chi connectivity index (χ0v) is 21.8. The minimum Gasteiger partial charge on any atom is -0.360 e. The zero-order valence-electron chi connectivity index (χ0n) is 18.6. The first-order valence-electron chi connectivity index (χ1n) is 10.7. The number of anilines is 2. The van der Waals surface area contributed by atoms with Crippen molar-refractivity contribution in [3.8, 4) is 0 Å². The standard InChI is InChI=1S/C21H23N3O8S4/c25-34(26,18-9-10-18)24-17-6-4-14(20(12-17)36(30,31)32)2-1-13-3-5-16(11-19(13)35(27,28)29)23-21(33)22-15-7-8-15/h1-6,11-12,15,18,24H,7-10H2,(H2,22,23,33)(H,27,28,29)(H,30,31,32)/b2-1+. The van der Waals surface area contributed by atoms with Crippen molar-refractivity contribution >= 4 is 71.1 Å². The van der Waals surface area contributed by atoms with E-state index in [2.05, 4.69) is 15.4 Å². The summed E-state index contributed by atoms with van der Waals surface area (Å²) in [5.74, 6) is 0. The molecule has 4 rings (SSSR count). The Bertz CT molecular complexity index is 1560. The largest absolute Gasteiger partial charge is 0.360 e. The maximum absolute atomic E-state index is 12.2. The molecule has 0 unspecified atom stereocenters. The molecule has 2 saturated carbocycles. The van der Waals surface area contributed by atoms with Crippen molar-refractivity contribution in [1.82, 2.24) is 5.32 Å². The van der Waals surface area contributed by atoms with E-state index in [4.69, 9.17) is 12.2 Å². The maximum Gasteiger partial charge on any atom is 0.295 e. The van der Waals surface area contributed by atoms with Crippen LogP contribution in [0.1, 0.15) is 36.8 Å². The first kappa shape index (κ1) is 26.5. The van der Waals surface area contributed by atoms with E-state index in [9.17, 15) is 34.4 Å². The quantitative estimate of drug-likeness (QED) is 0.169. The molecule has 0 amide bonds. The number of benzene rings is 2. The Kier molecular flexibility index (Phi) is 7.15. The van der Waals surface area contributed by atoms with Gasteiger partial charge < -0.3 is 10.6 Å². The average Bonchev–Trinajstić information content (AvgIpc) is 3.65. The highest BCUT2D eigenvalue weighted by Crippen LogP contribution is 2.31. The van der Waals surface area contributed by atoms with Gasteiger partial charge in [0, 0.05) is 17.4 Å². The summed E-state index contributed by atoms with van der Waals surface area (Å²) in [6.07, 6.45) is 5.45. The molecule has 0 bridgehead atoms. The molecule has 0 spiro atoms. The molecule has 2 aromatic rings. The summed E-state index contributed by atoms with van der Waals surface area (Å²) in [6.45, 7) is 0. The maximum atomic E-state index is 12.2. The SMILES string of the molecule is O=S(=O)(O)c1cc(NC(=S)NC2CC2)ccc1/C=C/c1ccc(NS(=O)(=O)C2CC2)cc1S(=O)(=O)O. The highest BCUT2D eigenvalue weighted by atomic mass is 32.2. The highest BCUT2D eigenvalue weighted by Gasteiger charge is 2.36. The van der Waals surface area contributed by atoms with Crippen LogP contribution in [0.3, 0.4) is 0 Å². The summed E-state index contributed by atoms with van der Waals surface area (Å²) < 4.78 is 94.0. The molecule has 2 aliphatic carbocycles. The molecular weight excluding hydrogens is 551 g/mol. The first-order valence-corrected chi connectivity index (χ1v) is 15.6. The lowest BCUT2D eigenvalue weighted by atomic mass is 10.1. The Labute approximate surface area is 214 Å². The van der Waals surface area contributed by atoms with E-state index in [1.54, 1.807) is 0 Å². The highest BCUT2D eigenvalue weighted by molar-refractivity contribution is 7.93. The van der Waals surface area contributed by atoms with E-state index >= 15 is 0 Å². The molecule has 2 aromatic carbocycles. The van der Waals surface area contributed by atoms with Crippen LogP contribution in [0.15, 0.2) is 46.2 Å². The van der Waals surface area contributed by atoms with Gasteiger partial charge in [-0.1, -0.05) is 24.3 Å². The molecular formula is C21H23N3O8S4. The van der Waals surface area contributed by atoms with Crippen molar-refractivity contribution in [3.05, 3.63) is 47.5 Å². The third-order valence-corrected chi connectivity index (χ3v) is 9.33. The van der Waals surface area contributed by atoms with Gasteiger partial charge in [0.05, 0.1) is 5.25 Å². The van der Waals surface area contributed by atoms with Crippen LogP contribution in [0.2, 0.25) is 0 Å². The zero-order chi connectivity index (χ0) is 26.3. The van der Waals surface area contributed by atoms with Gasteiger partial charge in [0.25, 0.3) is 20.2 Å². The lowest BCUT2D eigenvalue weighted by Crippen LogP contribution is -2.30. The van der Waals surface area contributed by atoms with Crippen LogP contribution in [0.4, 0.5) is 11.4 Å². The number of thiocarbonyl (C=S) groups is 1. The van der Waals surface area contributed by atoms with Gasteiger partial charge in [-0.25, -0.2) is 8.42 Å². The van der Waals surface area contributed by atoms with Crippen LogP contribution >= 0.6 is 12.2 Å². The number of rotatable bonds is 9. The number of hydrogen-bond acceptors (Lipinski definition) is 7. The molecule has 0 heterocycles. The third-order valence-electron chi connectivity index (χ3n) is 5.42. The van der Waals surface area contributed by atoms with Crippen LogP contribution < -0.4 is 15.4 Å². The Balaban J connectivity index is 1.64. The lowest BCUT2D eigenvalue weighted by molar-refractivity contribution is 0.480. The summed E-state index contributed by atoms with van der Waals surface area (Å²) in [7, 11) is -13.1. The van der Waals surface area contributed by atoms with Gasteiger partial charge >= 0.3 is 0 Å². The molecule has 36 heavy (non-hydrogen) atoms. The predicted molar refractivity (Wildman–Crippen MR) is 139 cm³/mol. The van der Waals surface area contributed by atoms with Crippen LogP contribution in [-0.2, 0) is 30.3 Å². The van der Waals surface area contributed by atoms with Crippen molar-refractivity contribution in [1.29, 1.82) is 0 Å². The molecule has 15 heteroatoms. The molecule has 2 aliphatic rings. The van der Waals surface area contributed by atoms with E-state index in [0.29, 0.717) is 23.6 Å². The van der Waals surface area contributed by atoms with Crippen molar-refractivity contribution in [2.24, 2.45) is 0 Å². The fourth-order valence-electron chi connectivity index (χ4n) is 3.32. The normalized spacial score (nSPS) is 16.6. The summed E-state index contributed by atoms with van der Waals surface area (Å²) in [6, 6.07) is 7.91. The minimum atomic E-state index is -4.77. The molecule has 0 aliphatic heterocycles. The predicted octanol–water partition coefficient (Wildman–Crippen LogP) is 2.70. The van der Waals surface area contributed by atoms with E-state index in [1.807, 2.05) is 0 Å². The second-order valence-corrected chi connectivity index (χ2v) is 13.7. The second kappa shape index (κ2) is 9.72. The van der Waals surface area contributed by atoms with Crippen molar-refractivity contribution in [2.45, 2.75) is 46.8 Å². The Hall–Kier alpha value is -2.56. The van der Waals surface area contributed by atoms with Crippen molar-refractivity contribution in [2.75, 3.05) is 10.0 Å². The first-order chi connectivity index (χ1) is 16.7.